The molecule has 28 heavy (non-hydrogen) atoms. The molecule has 1 amide bonds. The van der Waals surface area contributed by atoms with Gasteiger partial charge in [-0.2, -0.15) is 0 Å². The number of carboxylic acid groups (broad SMARTS) is 1. The first kappa shape index (κ1) is 21.4. The van der Waals surface area contributed by atoms with E-state index in [1.807, 2.05) is 19.1 Å². The van der Waals surface area contributed by atoms with E-state index in [0.29, 0.717) is 18.3 Å². The van der Waals surface area contributed by atoms with Crippen molar-refractivity contribution >= 4 is 11.9 Å². The Hall–Kier alpha value is -1.36. The second kappa shape index (κ2) is 8.56. The van der Waals surface area contributed by atoms with E-state index in [2.05, 4.69) is 19.2 Å². The van der Waals surface area contributed by atoms with Crippen LogP contribution < -0.4 is 5.32 Å². The van der Waals surface area contributed by atoms with Crippen molar-refractivity contribution in [3.63, 3.8) is 0 Å². The van der Waals surface area contributed by atoms with Crippen LogP contribution in [0.3, 0.4) is 0 Å². The van der Waals surface area contributed by atoms with Crippen LogP contribution in [0.2, 0.25) is 0 Å². The second-order valence-corrected chi connectivity index (χ2v) is 9.87. The first-order chi connectivity index (χ1) is 13.3. The summed E-state index contributed by atoms with van der Waals surface area (Å²) in [6.45, 7) is 6.44. The molecule has 0 spiro atoms. The summed E-state index contributed by atoms with van der Waals surface area (Å²) < 4.78 is 0. The summed E-state index contributed by atoms with van der Waals surface area (Å²) in [7, 11) is 0. The van der Waals surface area contributed by atoms with Crippen molar-refractivity contribution in [3.05, 3.63) is 12.2 Å². The molecule has 6 atom stereocenters. The molecule has 0 aromatic heterocycles. The SMILES string of the molecule is CC=CCCC(C(=O)O)[C@H]1[C@@H](NC(=O)[C@H](O)C2CCCC2)C[C@H]2C[C@@H]1C2(C)C. The molecule has 4 fully saturated rings. The zero-order valence-corrected chi connectivity index (χ0v) is 17.6. The van der Waals surface area contributed by atoms with Crippen molar-refractivity contribution in [2.24, 2.45) is 35.0 Å². The molecule has 5 nitrogen and oxygen atoms in total. The molecule has 0 aromatic carbocycles. The Bertz CT molecular complexity index is 608. The Morgan fingerprint density at radius 2 is 1.89 bits per heavy atom. The fraction of sp³-hybridized carbons (Fsp3) is 0.826. The van der Waals surface area contributed by atoms with Gasteiger partial charge in [0.25, 0.3) is 0 Å². The summed E-state index contributed by atoms with van der Waals surface area (Å²) in [5.74, 6) is -0.694. The van der Waals surface area contributed by atoms with Crippen LogP contribution >= 0.6 is 0 Å². The van der Waals surface area contributed by atoms with E-state index in [1.54, 1.807) is 0 Å². The number of rotatable bonds is 8. The highest BCUT2D eigenvalue weighted by Crippen LogP contribution is 2.63. The fourth-order valence-corrected chi connectivity index (χ4v) is 6.25. The Morgan fingerprint density at radius 1 is 1.21 bits per heavy atom. The third-order valence-electron chi connectivity index (χ3n) is 8.12. The molecule has 4 rings (SSSR count). The fourth-order valence-electron chi connectivity index (χ4n) is 6.25. The van der Waals surface area contributed by atoms with Gasteiger partial charge in [-0.15, -0.1) is 0 Å². The van der Waals surface area contributed by atoms with E-state index in [-0.39, 0.29) is 29.2 Å². The summed E-state index contributed by atoms with van der Waals surface area (Å²) in [6, 6.07) is -0.146. The maximum absolute atomic E-state index is 12.8. The molecule has 0 radical (unpaired) electrons. The van der Waals surface area contributed by atoms with Crippen LogP contribution in [-0.2, 0) is 9.59 Å². The van der Waals surface area contributed by atoms with Gasteiger partial charge in [0.15, 0.2) is 0 Å². The quantitative estimate of drug-likeness (QED) is 0.550. The van der Waals surface area contributed by atoms with Crippen molar-refractivity contribution in [3.8, 4) is 0 Å². The number of aliphatic carboxylic acids is 1. The van der Waals surface area contributed by atoms with Gasteiger partial charge in [-0.3, -0.25) is 9.59 Å². The van der Waals surface area contributed by atoms with Gasteiger partial charge >= 0.3 is 5.97 Å². The molecule has 5 heteroatoms. The maximum Gasteiger partial charge on any atom is 0.306 e. The van der Waals surface area contributed by atoms with Crippen LogP contribution in [0.15, 0.2) is 12.2 Å². The van der Waals surface area contributed by atoms with Gasteiger partial charge in [-0.05, 0) is 74.5 Å². The van der Waals surface area contributed by atoms with Gasteiger partial charge in [0.1, 0.15) is 6.10 Å². The first-order valence-corrected chi connectivity index (χ1v) is 11.1. The van der Waals surface area contributed by atoms with Crippen molar-refractivity contribution in [1.82, 2.24) is 5.32 Å². The van der Waals surface area contributed by atoms with Crippen LogP contribution in [0.5, 0.6) is 0 Å². The number of carbonyl (C=O) groups is 2. The van der Waals surface area contributed by atoms with E-state index in [4.69, 9.17) is 0 Å². The molecule has 0 aromatic rings. The summed E-state index contributed by atoms with van der Waals surface area (Å²) in [4.78, 5) is 24.9. The molecular formula is C23H37NO4. The van der Waals surface area contributed by atoms with Crippen molar-refractivity contribution in [1.29, 1.82) is 0 Å². The minimum atomic E-state index is -0.958. The van der Waals surface area contributed by atoms with Crippen molar-refractivity contribution in [2.75, 3.05) is 0 Å². The molecule has 0 saturated heterocycles. The monoisotopic (exact) mass is 391 g/mol. The van der Waals surface area contributed by atoms with Gasteiger partial charge in [-0.1, -0.05) is 38.8 Å². The Balaban J connectivity index is 1.75. The zero-order chi connectivity index (χ0) is 20.5. The average Bonchev–Trinajstić information content (AvgIpc) is 3.19. The van der Waals surface area contributed by atoms with Crippen LogP contribution in [0, 0.1) is 35.0 Å². The number of allylic oxidation sites excluding steroid dienone is 2. The van der Waals surface area contributed by atoms with Crippen molar-refractivity contribution in [2.45, 2.75) is 84.3 Å². The minimum absolute atomic E-state index is 0.0537. The summed E-state index contributed by atoms with van der Waals surface area (Å²) in [5, 5.41) is 23.6. The van der Waals surface area contributed by atoms with Crippen LogP contribution in [0.25, 0.3) is 0 Å². The Labute approximate surface area is 169 Å². The zero-order valence-electron chi connectivity index (χ0n) is 17.6. The van der Waals surface area contributed by atoms with Gasteiger partial charge in [0.2, 0.25) is 5.91 Å². The average molecular weight is 392 g/mol. The summed E-state index contributed by atoms with van der Waals surface area (Å²) in [6.07, 6.45) is 10.2. The molecule has 2 bridgehead atoms. The first-order valence-electron chi connectivity index (χ1n) is 11.1. The molecule has 3 N–H and O–H groups in total. The van der Waals surface area contributed by atoms with Gasteiger partial charge in [-0.25, -0.2) is 0 Å². The number of carbonyl (C=O) groups excluding carboxylic acids is 1. The summed E-state index contributed by atoms with van der Waals surface area (Å²) in [5.41, 5.74) is 0.129. The molecule has 4 aliphatic carbocycles. The number of nitrogens with one attached hydrogen (secondary N) is 1. The predicted molar refractivity (Wildman–Crippen MR) is 109 cm³/mol. The Kier molecular flexibility index (Phi) is 6.53. The maximum atomic E-state index is 12.8. The van der Waals surface area contributed by atoms with Crippen LogP contribution in [0.4, 0.5) is 0 Å². The highest BCUT2D eigenvalue weighted by molar-refractivity contribution is 5.81. The van der Waals surface area contributed by atoms with E-state index < -0.39 is 18.0 Å². The third-order valence-corrected chi connectivity index (χ3v) is 8.12. The smallest absolute Gasteiger partial charge is 0.306 e. The summed E-state index contributed by atoms with van der Waals surface area (Å²) >= 11 is 0. The highest BCUT2D eigenvalue weighted by atomic mass is 16.4. The van der Waals surface area contributed by atoms with Crippen molar-refractivity contribution < 1.29 is 19.8 Å². The molecular weight excluding hydrogens is 354 g/mol. The lowest BCUT2D eigenvalue weighted by Crippen LogP contribution is -2.64. The van der Waals surface area contributed by atoms with Crippen LogP contribution in [-0.4, -0.2) is 34.2 Å². The number of aliphatic hydroxyl groups excluding tert-OH is 1. The second-order valence-electron chi connectivity index (χ2n) is 9.87. The normalized spacial score (nSPS) is 34.0. The third kappa shape index (κ3) is 4.00. The number of amides is 1. The molecule has 4 aliphatic rings. The largest absolute Gasteiger partial charge is 0.481 e. The lowest BCUT2D eigenvalue weighted by Gasteiger charge is -2.63. The van der Waals surface area contributed by atoms with Crippen LogP contribution in [0.1, 0.15) is 72.1 Å². The number of hydrogen-bond donors (Lipinski definition) is 3. The van der Waals surface area contributed by atoms with E-state index in [9.17, 15) is 19.8 Å². The van der Waals surface area contributed by atoms with E-state index >= 15 is 0 Å². The number of fused-ring (bicyclic) bond motifs is 2. The van der Waals surface area contributed by atoms with E-state index in [1.165, 1.54) is 0 Å². The van der Waals surface area contributed by atoms with Gasteiger partial charge in [0, 0.05) is 6.04 Å². The van der Waals surface area contributed by atoms with E-state index in [0.717, 1.165) is 44.9 Å². The number of carboxylic acids is 1. The standard InChI is InChI=1S/C23H37NO4/c1-4-5-6-11-16(22(27)28)19-17-12-15(23(17,2)3)13-18(19)24-21(26)20(25)14-9-7-8-10-14/h4-5,14-20,25H,6-13H2,1-3H3,(H,24,26)(H,27,28)/t15-,16?,17+,18+,19-,20-/m1/s1. The van der Waals surface area contributed by atoms with Gasteiger partial charge < -0.3 is 15.5 Å². The highest BCUT2D eigenvalue weighted by Gasteiger charge is 2.60. The molecule has 1 unspecified atom stereocenters. The predicted octanol–water partition coefficient (Wildman–Crippen LogP) is 3.76. The lowest BCUT2D eigenvalue weighted by molar-refractivity contribution is -0.168. The Morgan fingerprint density at radius 3 is 2.46 bits per heavy atom. The number of hydrogen-bond acceptors (Lipinski definition) is 3. The molecule has 0 aliphatic heterocycles. The number of aliphatic hydroxyl groups is 1. The topological polar surface area (TPSA) is 86.6 Å². The van der Waals surface area contributed by atoms with Gasteiger partial charge in [0.05, 0.1) is 5.92 Å². The molecule has 4 saturated carbocycles. The molecule has 158 valence electrons. The lowest BCUT2D eigenvalue weighted by atomic mass is 9.42. The molecule has 0 heterocycles. The minimum Gasteiger partial charge on any atom is -0.481 e.